The Labute approximate surface area is 227 Å². The van der Waals surface area contributed by atoms with Gasteiger partial charge in [-0.3, -0.25) is 9.69 Å². The maximum Gasteiger partial charge on any atom is 0.260 e. The summed E-state index contributed by atoms with van der Waals surface area (Å²) < 4.78 is 34.7. The summed E-state index contributed by atoms with van der Waals surface area (Å²) >= 11 is 1.43. The van der Waals surface area contributed by atoms with Crippen molar-refractivity contribution in [3.63, 3.8) is 0 Å². The molecule has 0 N–H and O–H groups in total. The summed E-state index contributed by atoms with van der Waals surface area (Å²) in [7, 11) is -3.61. The van der Waals surface area contributed by atoms with E-state index in [2.05, 4.69) is 0 Å². The number of carbonyl (C=O) groups excluding carboxylic acids is 1. The van der Waals surface area contributed by atoms with Gasteiger partial charge in [0, 0.05) is 18.2 Å². The number of benzene rings is 3. The lowest BCUT2D eigenvalue weighted by Crippen LogP contribution is -2.41. The number of hydrogen-bond acceptors (Lipinski definition) is 6. The van der Waals surface area contributed by atoms with Crippen LogP contribution in [-0.4, -0.2) is 42.8 Å². The Hall–Kier alpha value is -3.27. The number of rotatable bonds is 8. The number of piperidine rings is 1. The fraction of sp³-hybridized carbons (Fsp3) is 0.310. The average molecular weight is 550 g/mol. The van der Waals surface area contributed by atoms with Crippen molar-refractivity contribution in [1.29, 1.82) is 0 Å². The van der Waals surface area contributed by atoms with E-state index < -0.39 is 10.0 Å². The molecule has 3 aromatic carbocycles. The van der Waals surface area contributed by atoms with Crippen LogP contribution < -0.4 is 9.64 Å². The van der Waals surface area contributed by atoms with Gasteiger partial charge in [-0.15, -0.1) is 0 Å². The highest BCUT2D eigenvalue weighted by molar-refractivity contribution is 7.89. The van der Waals surface area contributed by atoms with Gasteiger partial charge < -0.3 is 4.74 Å². The van der Waals surface area contributed by atoms with Crippen molar-refractivity contribution in [3.05, 3.63) is 83.9 Å². The SMILES string of the molecule is CCOc1ccc2nc(N(Cc3ccccc3)C(=O)c3ccc(S(=O)(=O)N4CCCCC4C)cc3)sc2c1. The van der Waals surface area contributed by atoms with Gasteiger partial charge in [0.1, 0.15) is 5.75 Å². The van der Waals surface area contributed by atoms with Crippen LogP contribution in [0.2, 0.25) is 0 Å². The zero-order valence-electron chi connectivity index (χ0n) is 21.5. The number of nitrogens with zero attached hydrogens (tertiary/aromatic N) is 3. The van der Waals surface area contributed by atoms with Crippen LogP contribution in [0.5, 0.6) is 5.75 Å². The molecule has 4 aromatic rings. The number of hydrogen-bond donors (Lipinski definition) is 0. The third-order valence-corrected chi connectivity index (χ3v) is 9.84. The molecular weight excluding hydrogens is 518 g/mol. The predicted molar refractivity (Wildman–Crippen MR) is 151 cm³/mol. The molecule has 1 aliphatic rings. The monoisotopic (exact) mass is 549 g/mol. The fourth-order valence-corrected chi connectivity index (χ4v) is 7.44. The highest BCUT2D eigenvalue weighted by atomic mass is 32.2. The highest BCUT2D eigenvalue weighted by Gasteiger charge is 2.31. The molecule has 38 heavy (non-hydrogen) atoms. The van der Waals surface area contributed by atoms with E-state index in [1.807, 2.05) is 62.4 Å². The summed E-state index contributed by atoms with van der Waals surface area (Å²) in [6.45, 7) is 5.32. The molecule has 1 amide bonds. The van der Waals surface area contributed by atoms with E-state index in [9.17, 15) is 13.2 Å². The molecule has 0 aliphatic carbocycles. The van der Waals surface area contributed by atoms with Crippen LogP contribution in [0.4, 0.5) is 5.13 Å². The second-order valence-corrected chi connectivity index (χ2v) is 12.3. The van der Waals surface area contributed by atoms with Gasteiger partial charge in [0.05, 0.1) is 28.3 Å². The summed E-state index contributed by atoms with van der Waals surface area (Å²) in [5.74, 6) is 0.518. The second kappa shape index (κ2) is 11.2. The lowest BCUT2D eigenvalue weighted by Gasteiger charge is -2.32. The maximum atomic E-state index is 13.8. The Balaban J connectivity index is 1.46. The minimum absolute atomic E-state index is 0.0290. The fourth-order valence-electron chi connectivity index (χ4n) is 4.75. The van der Waals surface area contributed by atoms with Gasteiger partial charge in [-0.05, 0) is 74.7 Å². The number of sulfonamides is 1. The largest absolute Gasteiger partial charge is 0.494 e. The van der Waals surface area contributed by atoms with Crippen LogP contribution in [0, 0.1) is 0 Å². The van der Waals surface area contributed by atoms with Crippen LogP contribution >= 0.6 is 11.3 Å². The smallest absolute Gasteiger partial charge is 0.260 e. The Kier molecular flexibility index (Phi) is 7.78. The molecule has 5 rings (SSSR count). The molecule has 1 aromatic heterocycles. The van der Waals surface area contributed by atoms with Gasteiger partial charge in [-0.2, -0.15) is 4.31 Å². The van der Waals surface area contributed by atoms with Crippen molar-refractivity contribution >= 4 is 42.6 Å². The summed E-state index contributed by atoms with van der Waals surface area (Å²) in [4.78, 5) is 20.4. The molecule has 7 nitrogen and oxygen atoms in total. The van der Waals surface area contributed by atoms with Gasteiger partial charge >= 0.3 is 0 Å². The quantitative estimate of drug-likeness (QED) is 0.265. The standard InChI is InChI=1S/C29H31N3O4S2/c1-3-36-24-14-17-26-27(19-24)37-29(30-26)31(20-22-10-5-4-6-11-22)28(33)23-12-15-25(16-13-23)38(34,35)32-18-8-7-9-21(32)2/h4-6,10-17,19,21H,3,7-9,18,20H2,1-2H3. The summed E-state index contributed by atoms with van der Waals surface area (Å²) in [5.41, 5.74) is 2.16. The zero-order valence-corrected chi connectivity index (χ0v) is 23.2. The molecule has 1 aliphatic heterocycles. The zero-order chi connectivity index (χ0) is 26.7. The van der Waals surface area contributed by atoms with E-state index in [1.165, 1.54) is 23.5 Å². The molecule has 1 saturated heterocycles. The molecule has 0 spiro atoms. The van der Waals surface area contributed by atoms with E-state index in [0.29, 0.717) is 30.4 Å². The maximum absolute atomic E-state index is 13.8. The molecule has 0 saturated carbocycles. The van der Waals surface area contributed by atoms with Crippen LogP contribution in [0.15, 0.2) is 77.7 Å². The Morgan fingerprint density at radius 2 is 1.84 bits per heavy atom. The Morgan fingerprint density at radius 1 is 1.08 bits per heavy atom. The van der Waals surface area contributed by atoms with Crippen LogP contribution in [0.1, 0.15) is 49.0 Å². The molecule has 0 bridgehead atoms. The molecular formula is C29H31N3O4S2. The highest BCUT2D eigenvalue weighted by Crippen LogP contribution is 2.33. The summed E-state index contributed by atoms with van der Waals surface area (Å²) in [5, 5.41) is 0.571. The summed E-state index contributed by atoms with van der Waals surface area (Å²) in [6, 6.07) is 21.7. The van der Waals surface area contributed by atoms with E-state index in [-0.39, 0.29) is 16.8 Å². The predicted octanol–water partition coefficient (Wildman–Crippen LogP) is 6.11. The van der Waals surface area contributed by atoms with Gasteiger partial charge in [-0.25, -0.2) is 13.4 Å². The van der Waals surface area contributed by atoms with Gasteiger partial charge in [0.2, 0.25) is 10.0 Å². The number of thiazole rings is 1. The number of carbonyl (C=O) groups is 1. The number of ether oxygens (including phenoxy) is 1. The first kappa shape index (κ1) is 26.3. The number of aromatic nitrogens is 1. The first-order valence-electron chi connectivity index (χ1n) is 12.9. The van der Waals surface area contributed by atoms with Crippen LogP contribution in [0.25, 0.3) is 10.2 Å². The third kappa shape index (κ3) is 5.45. The molecule has 1 atom stereocenters. The molecule has 0 radical (unpaired) electrons. The number of fused-ring (bicyclic) bond motifs is 1. The van der Waals surface area contributed by atoms with Crippen molar-refractivity contribution in [3.8, 4) is 5.75 Å². The van der Waals surface area contributed by atoms with E-state index in [4.69, 9.17) is 9.72 Å². The van der Waals surface area contributed by atoms with Crippen LogP contribution in [0.3, 0.4) is 0 Å². The minimum atomic E-state index is -3.61. The van der Waals surface area contributed by atoms with Crippen molar-refractivity contribution in [2.75, 3.05) is 18.1 Å². The van der Waals surface area contributed by atoms with Crippen molar-refractivity contribution in [2.45, 2.75) is 50.6 Å². The van der Waals surface area contributed by atoms with E-state index >= 15 is 0 Å². The third-order valence-electron chi connectivity index (χ3n) is 6.77. The van der Waals surface area contributed by atoms with Crippen molar-refractivity contribution < 1.29 is 17.9 Å². The van der Waals surface area contributed by atoms with E-state index in [1.54, 1.807) is 21.3 Å². The second-order valence-electron chi connectivity index (χ2n) is 9.42. The normalized spacial score (nSPS) is 16.4. The van der Waals surface area contributed by atoms with Crippen molar-refractivity contribution in [2.24, 2.45) is 0 Å². The lowest BCUT2D eigenvalue weighted by molar-refractivity contribution is 0.0985. The molecule has 1 unspecified atom stereocenters. The topological polar surface area (TPSA) is 79.8 Å². The minimum Gasteiger partial charge on any atom is -0.494 e. The van der Waals surface area contributed by atoms with E-state index in [0.717, 1.165) is 40.8 Å². The van der Waals surface area contributed by atoms with Crippen molar-refractivity contribution in [1.82, 2.24) is 9.29 Å². The van der Waals surface area contributed by atoms with Gasteiger partial charge in [0.25, 0.3) is 5.91 Å². The molecule has 2 heterocycles. The number of anilines is 1. The number of amides is 1. The average Bonchev–Trinajstić information content (AvgIpc) is 3.35. The Morgan fingerprint density at radius 3 is 2.55 bits per heavy atom. The first-order chi connectivity index (χ1) is 18.4. The first-order valence-corrected chi connectivity index (χ1v) is 15.1. The molecule has 1 fully saturated rings. The van der Waals surface area contributed by atoms with Gasteiger partial charge in [0.15, 0.2) is 5.13 Å². The summed E-state index contributed by atoms with van der Waals surface area (Å²) in [6.07, 6.45) is 2.76. The van der Waals surface area contributed by atoms with Crippen LogP contribution in [-0.2, 0) is 16.6 Å². The molecule has 9 heteroatoms. The lowest BCUT2D eigenvalue weighted by atomic mass is 10.1. The Bertz CT molecular complexity index is 1520. The molecule has 198 valence electrons. The van der Waals surface area contributed by atoms with Gasteiger partial charge in [-0.1, -0.05) is 48.1 Å².